The molecule has 0 saturated carbocycles. The Hall–Kier alpha value is -0.843. The van der Waals surface area contributed by atoms with Gasteiger partial charge in [-0.25, -0.2) is 4.79 Å². The van der Waals surface area contributed by atoms with Gasteiger partial charge in [0.05, 0.1) is 0 Å². The molecule has 14 heavy (non-hydrogen) atoms. The second-order valence-electron chi connectivity index (χ2n) is 5.21. The first-order valence-corrected chi connectivity index (χ1v) is 8.17. The fourth-order valence-corrected chi connectivity index (χ4v) is 4.60. The molecule has 0 aromatic rings. The highest BCUT2D eigenvalue weighted by Crippen LogP contribution is 2.31. The van der Waals surface area contributed by atoms with Crippen LogP contribution in [0.15, 0.2) is 0 Å². The average molecular weight is 214 g/mol. The fraction of sp³-hybridized carbons (Fsp3) is 0.778. The summed E-state index contributed by atoms with van der Waals surface area (Å²) in [5.74, 6) is -0.107. The van der Waals surface area contributed by atoms with Crippen molar-refractivity contribution >= 4 is 20.2 Å². The summed E-state index contributed by atoms with van der Waals surface area (Å²) < 4.78 is 1.77. The van der Waals surface area contributed by atoms with E-state index in [1.165, 1.54) is 4.90 Å². The first kappa shape index (κ1) is 11.2. The van der Waals surface area contributed by atoms with E-state index in [4.69, 9.17) is 0 Å². The molecule has 1 saturated heterocycles. The lowest BCUT2D eigenvalue weighted by Gasteiger charge is -2.38. The number of likely N-dealkylation sites (N-methyl/N-ethyl adjacent to an activating group) is 1. The van der Waals surface area contributed by atoms with Crippen LogP contribution in [0.2, 0.25) is 19.6 Å². The molecule has 1 heterocycles. The maximum Gasteiger partial charge on any atom is 0.319 e. The van der Waals surface area contributed by atoms with Crippen LogP contribution in [0, 0.1) is 0 Å². The van der Waals surface area contributed by atoms with Crippen LogP contribution >= 0.6 is 0 Å². The van der Waals surface area contributed by atoms with Gasteiger partial charge >= 0.3 is 6.03 Å². The van der Waals surface area contributed by atoms with E-state index < -0.39 is 13.8 Å². The lowest BCUT2D eigenvalue weighted by Crippen LogP contribution is -2.57. The summed E-state index contributed by atoms with van der Waals surface area (Å²) in [5, 5.41) is 0. The summed E-state index contributed by atoms with van der Waals surface area (Å²) in [4.78, 5) is 24.8. The summed E-state index contributed by atoms with van der Waals surface area (Å²) in [7, 11) is -0.237. The molecule has 0 aromatic heterocycles. The maximum absolute atomic E-state index is 11.8. The third-order valence-corrected chi connectivity index (χ3v) is 4.63. The SMILES string of the molecule is CN1C(=O)N([Si](C)(C)C)C(C)(C)C1=O. The molecule has 80 valence electrons. The average Bonchev–Trinajstić information content (AvgIpc) is 2.10. The van der Waals surface area contributed by atoms with E-state index in [1.807, 2.05) is 13.8 Å². The Morgan fingerprint density at radius 3 is 1.71 bits per heavy atom. The number of rotatable bonds is 1. The standard InChI is InChI=1S/C9H18N2O2Si/c1-9(2)7(12)10(3)8(13)11(9)14(4,5)6/h1-6H3. The number of hydrogen-bond donors (Lipinski definition) is 0. The predicted octanol–water partition coefficient (Wildman–Crippen LogP) is 1.49. The van der Waals surface area contributed by atoms with E-state index in [-0.39, 0.29) is 11.9 Å². The highest BCUT2D eigenvalue weighted by atomic mass is 28.3. The molecule has 5 heteroatoms. The van der Waals surface area contributed by atoms with Crippen LogP contribution < -0.4 is 0 Å². The lowest BCUT2D eigenvalue weighted by molar-refractivity contribution is -0.130. The van der Waals surface area contributed by atoms with Crippen LogP contribution in [0.1, 0.15) is 13.8 Å². The fourth-order valence-electron chi connectivity index (χ4n) is 2.11. The van der Waals surface area contributed by atoms with Gasteiger partial charge in [0.25, 0.3) is 5.91 Å². The minimum absolute atomic E-state index is 0.107. The van der Waals surface area contributed by atoms with Crippen molar-refractivity contribution in [1.82, 2.24) is 9.47 Å². The second-order valence-corrected chi connectivity index (χ2v) is 10.0. The highest BCUT2D eigenvalue weighted by Gasteiger charge is 2.53. The van der Waals surface area contributed by atoms with Gasteiger partial charge in [-0.3, -0.25) is 9.69 Å². The summed E-state index contributed by atoms with van der Waals surface area (Å²) in [5.41, 5.74) is -0.670. The number of amides is 3. The van der Waals surface area contributed by atoms with Crippen molar-refractivity contribution in [3.8, 4) is 0 Å². The Balaban J connectivity index is 3.20. The first-order valence-electron chi connectivity index (χ1n) is 4.72. The van der Waals surface area contributed by atoms with Crippen molar-refractivity contribution in [3.63, 3.8) is 0 Å². The molecular formula is C9H18N2O2Si. The molecule has 1 aliphatic heterocycles. The monoisotopic (exact) mass is 214 g/mol. The van der Waals surface area contributed by atoms with Crippen LogP contribution in [0.4, 0.5) is 4.79 Å². The smallest absolute Gasteiger partial charge is 0.319 e. The van der Waals surface area contributed by atoms with Gasteiger partial charge in [0.15, 0.2) is 8.24 Å². The molecule has 0 aromatic carbocycles. The van der Waals surface area contributed by atoms with Crippen molar-refractivity contribution in [3.05, 3.63) is 0 Å². The zero-order valence-corrected chi connectivity index (χ0v) is 10.7. The molecule has 1 rings (SSSR count). The van der Waals surface area contributed by atoms with Crippen LogP contribution in [0.3, 0.4) is 0 Å². The number of urea groups is 1. The Morgan fingerprint density at radius 2 is 1.57 bits per heavy atom. The number of carbonyl (C=O) groups is 2. The van der Waals surface area contributed by atoms with E-state index in [0.717, 1.165) is 0 Å². The van der Waals surface area contributed by atoms with Gasteiger partial charge in [-0.2, -0.15) is 0 Å². The number of nitrogens with zero attached hydrogens (tertiary/aromatic N) is 2. The normalized spacial score (nSPS) is 22.1. The molecule has 1 fully saturated rings. The van der Waals surface area contributed by atoms with E-state index >= 15 is 0 Å². The van der Waals surface area contributed by atoms with E-state index in [2.05, 4.69) is 19.6 Å². The maximum atomic E-state index is 11.8. The molecule has 0 bridgehead atoms. The topological polar surface area (TPSA) is 40.6 Å². The summed E-state index contributed by atoms with van der Waals surface area (Å²) in [6.07, 6.45) is 0. The summed E-state index contributed by atoms with van der Waals surface area (Å²) in [6, 6.07) is -0.154. The van der Waals surface area contributed by atoms with Gasteiger partial charge in [-0.15, -0.1) is 0 Å². The third kappa shape index (κ3) is 1.35. The quantitative estimate of drug-likeness (QED) is 0.490. The zero-order valence-electron chi connectivity index (χ0n) is 9.71. The largest absolute Gasteiger partial charge is 0.339 e. The van der Waals surface area contributed by atoms with Gasteiger partial charge in [0.2, 0.25) is 0 Å². The van der Waals surface area contributed by atoms with Crippen molar-refractivity contribution in [2.24, 2.45) is 0 Å². The van der Waals surface area contributed by atoms with Crippen LogP contribution in [-0.4, -0.2) is 42.2 Å². The molecule has 0 radical (unpaired) electrons. The molecule has 0 spiro atoms. The number of hydrogen-bond acceptors (Lipinski definition) is 2. The van der Waals surface area contributed by atoms with Gasteiger partial charge in [0, 0.05) is 7.05 Å². The molecule has 4 nitrogen and oxygen atoms in total. The zero-order chi connectivity index (χ0) is 11.3. The molecule has 0 atom stereocenters. The van der Waals surface area contributed by atoms with Crippen LogP contribution in [0.5, 0.6) is 0 Å². The molecular weight excluding hydrogens is 196 g/mol. The third-order valence-electron chi connectivity index (χ3n) is 2.54. The van der Waals surface area contributed by atoms with Crippen molar-refractivity contribution in [2.45, 2.75) is 39.0 Å². The second kappa shape index (κ2) is 2.82. The Labute approximate surface area is 86.0 Å². The van der Waals surface area contributed by atoms with Gasteiger partial charge in [0.1, 0.15) is 5.54 Å². The van der Waals surface area contributed by atoms with Gasteiger partial charge in [-0.1, -0.05) is 19.6 Å². The van der Waals surface area contributed by atoms with Crippen molar-refractivity contribution < 1.29 is 9.59 Å². The molecule has 1 aliphatic rings. The predicted molar refractivity (Wildman–Crippen MR) is 57.4 cm³/mol. The van der Waals surface area contributed by atoms with Crippen LogP contribution in [-0.2, 0) is 4.79 Å². The molecule has 3 amide bonds. The Bertz CT molecular complexity index is 294. The molecule has 0 N–H and O–H groups in total. The van der Waals surface area contributed by atoms with Gasteiger partial charge in [-0.05, 0) is 13.8 Å². The lowest BCUT2D eigenvalue weighted by atomic mass is 10.1. The minimum atomic E-state index is -1.78. The highest BCUT2D eigenvalue weighted by molar-refractivity contribution is 6.76. The Morgan fingerprint density at radius 1 is 1.14 bits per heavy atom. The summed E-state index contributed by atoms with van der Waals surface area (Å²) >= 11 is 0. The number of imide groups is 1. The van der Waals surface area contributed by atoms with Gasteiger partial charge < -0.3 is 4.57 Å². The molecule has 0 aliphatic carbocycles. The summed E-state index contributed by atoms with van der Waals surface area (Å²) in [6.45, 7) is 9.83. The van der Waals surface area contributed by atoms with E-state index in [1.54, 1.807) is 11.6 Å². The van der Waals surface area contributed by atoms with Crippen molar-refractivity contribution in [2.75, 3.05) is 7.05 Å². The van der Waals surface area contributed by atoms with E-state index in [9.17, 15) is 9.59 Å². The van der Waals surface area contributed by atoms with E-state index in [0.29, 0.717) is 0 Å². The first-order chi connectivity index (χ1) is 6.10. The minimum Gasteiger partial charge on any atom is -0.339 e. The van der Waals surface area contributed by atoms with Crippen molar-refractivity contribution in [1.29, 1.82) is 0 Å². The molecule has 0 unspecified atom stereocenters. The van der Waals surface area contributed by atoms with Crippen LogP contribution in [0.25, 0.3) is 0 Å². The number of carbonyl (C=O) groups excluding carboxylic acids is 2. The Kier molecular flexibility index (Phi) is 2.26.